The van der Waals surface area contributed by atoms with E-state index < -0.39 is 0 Å². The van der Waals surface area contributed by atoms with E-state index in [1.807, 2.05) is 0 Å². The molecule has 3 heteroatoms. The van der Waals surface area contributed by atoms with Crippen LogP contribution in [0.5, 0.6) is 0 Å². The fourth-order valence-electron chi connectivity index (χ4n) is 3.30. The van der Waals surface area contributed by atoms with Gasteiger partial charge >= 0.3 is 0 Å². The Labute approximate surface area is 106 Å². The molecule has 0 amide bonds. The molecule has 1 fully saturated rings. The number of rotatable bonds is 6. The largest absolute Gasteiger partial charge is 0.375 e. The maximum atomic E-state index is 5.92. The second-order valence-electron chi connectivity index (χ2n) is 5.67. The van der Waals surface area contributed by atoms with E-state index in [1.165, 1.54) is 19.3 Å². The Balaban J connectivity index is 2.66. The second kappa shape index (κ2) is 6.72. The van der Waals surface area contributed by atoms with E-state index in [-0.39, 0.29) is 0 Å². The molecule has 1 rings (SSSR count). The first-order chi connectivity index (χ1) is 8.04. The van der Waals surface area contributed by atoms with Gasteiger partial charge < -0.3 is 4.74 Å². The maximum absolute atomic E-state index is 5.92. The molecular weight excluding hydrogens is 212 g/mol. The van der Waals surface area contributed by atoms with Crippen molar-refractivity contribution in [3.63, 3.8) is 0 Å². The Morgan fingerprint density at radius 1 is 1.12 bits per heavy atom. The normalized spacial score (nSPS) is 35.5. The summed E-state index contributed by atoms with van der Waals surface area (Å²) in [5.41, 5.74) is 3.04. The van der Waals surface area contributed by atoms with E-state index in [0.29, 0.717) is 30.1 Å². The Morgan fingerprint density at radius 3 is 2.06 bits per heavy atom. The first-order valence-corrected chi connectivity index (χ1v) is 7.16. The van der Waals surface area contributed by atoms with Crippen molar-refractivity contribution in [3.8, 4) is 0 Å². The van der Waals surface area contributed by atoms with Crippen LogP contribution in [0.15, 0.2) is 0 Å². The SMILES string of the molecule is CCC(CC)CC(NN)C1C(C)OC(C)C1C. The van der Waals surface area contributed by atoms with Gasteiger partial charge in [0.25, 0.3) is 0 Å². The van der Waals surface area contributed by atoms with E-state index in [2.05, 4.69) is 40.0 Å². The van der Waals surface area contributed by atoms with Gasteiger partial charge in [-0.1, -0.05) is 33.6 Å². The van der Waals surface area contributed by atoms with Crippen LogP contribution in [0.1, 0.15) is 53.9 Å². The van der Waals surface area contributed by atoms with E-state index >= 15 is 0 Å². The number of hydrogen-bond donors (Lipinski definition) is 2. The Morgan fingerprint density at radius 2 is 1.71 bits per heavy atom. The summed E-state index contributed by atoms with van der Waals surface area (Å²) in [7, 11) is 0. The lowest BCUT2D eigenvalue weighted by Gasteiger charge is -2.31. The Bertz CT molecular complexity index is 218. The topological polar surface area (TPSA) is 47.3 Å². The van der Waals surface area contributed by atoms with E-state index in [0.717, 1.165) is 5.92 Å². The minimum absolute atomic E-state index is 0.315. The lowest BCUT2D eigenvalue weighted by atomic mass is 9.79. The molecule has 1 aliphatic rings. The van der Waals surface area contributed by atoms with Crippen LogP contribution in [0.25, 0.3) is 0 Å². The van der Waals surface area contributed by atoms with Crippen LogP contribution in [0.3, 0.4) is 0 Å². The van der Waals surface area contributed by atoms with Crippen molar-refractivity contribution in [2.24, 2.45) is 23.6 Å². The van der Waals surface area contributed by atoms with Gasteiger partial charge in [-0.15, -0.1) is 0 Å². The van der Waals surface area contributed by atoms with Crippen LogP contribution in [0.2, 0.25) is 0 Å². The standard InChI is InChI=1S/C14H30N2O/c1-6-12(7-2)8-13(16-15)14-9(3)10(4)17-11(14)5/h9-14,16H,6-8,15H2,1-5H3. The smallest absolute Gasteiger partial charge is 0.0597 e. The monoisotopic (exact) mass is 242 g/mol. The molecule has 5 unspecified atom stereocenters. The maximum Gasteiger partial charge on any atom is 0.0597 e. The molecule has 5 atom stereocenters. The fourth-order valence-corrected chi connectivity index (χ4v) is 3.30. The quantitative estimate of drug-likeness (QED) is 0.556. The second-order valence-corrected chi connectivity index (χ2v) is 5.67. The van der Waals surface area contributed by atoms with Crippen molar-refractivity contribution >= 4 is 0 Å². The van der Waals surface area contributed by atoms with Crippen molar-refractivity contribution in [2.45, 2.75) is 72.1 Å². The predicted molar refractivity (Wildman–Crippen MR) is 72.5 cm³/mol. The molecule has 102 valence electrons. The lowest BCUT2D eigenvalue weighted by molar-refractivity contribution is 0.0463. The summed E-state index contributed by atoms with van der Waals surface area (Å²) >= 11 is 0. The van der Waals surface area contributed by atoms with Gasteiger partial charge in [0.2, 0.25) is 0 Å². The van der Waals surface area contributed by atoms with Crippen LogP contribution in [-0.2, 0) is 4.74 Å². The third kappa shape index (κ3) is 3.43. The first kappa shape index (κ1) is 14.9. The zero-order valence-electron chi connectivity index (χ0n) is 12.1. The zero-order chi connectivity index (χ0) is 13.0. The third-order valence-corrected chi connectivity index (χ3v) is 4.74. The minimum Gasteiger partial charge on any atom is -0.375 e. The van der Waals surface area contributed by atoms with E-state index in [1.54, 1.807) is 0 Å². The molecule has 3 nitrogen and oxygen atoms in total. The van der Waals surface area contributed by atoms with Gasteiger partial charge in [0.05, 0.1) is 12.2 Å². The minimum atomic E-state index is 0.315. The number of hydrogen-bond acceptors (Lipinski definition) is 3. The summed E-state index contributed by atoms with van der Waals surface area (Å²) in [6, 6.07) is 0.384. The summed E-state index contributed by atoms with van der Waals surface area (Å²) in [6.07, 6.45) is 4.31. The molecule has 1 heterocycles. The van der Waals surface area contributed by atoms with Crippen molar-refractivity contribution in [3.05, 3.63) is 0 Å². The molecule has 0 aromatic heterocycles. The van der Waals surface area contributed by atoms with E-state index in [9.17, 15) is 0 Å². The molecule has 0 bridgehead atoms. The van der Waals surface area contributed by atoms with Crippen molar-refractivity contribution in [2.75, 3.05) is 0 Å². The van der Waals surface area contributed by atoms with E-state index in [4.69, 9.17) is 10.6 Å². The Kier molecular flexibility index (Phi) is 5.90. The molecular formula is C14H30N2O. The van der Waals surface area contributed by atoms with Crippen LogP contribution in [0.4, 0.5) is 0 Å². The van der Waals surface area contributed by atoms with Gasteiger partial charge in [0, 0.05) is 12.0 Å². The number of ether oxygens (including phenoxy) is 1. The Hall–Kier alpha value is -0.120. The average Bonchev–Trinajstić information content (AvgIpc) is 2.56. The molecule has 0 saturated carbocycles. The lowest BCUT2D eigenvalue weighted by Crippen LogP contribution is -2.46. The molecule has 0 spiro atoms. The fraction of sp³-hybridized carbons (Fsp3) is 1.00. The van der Waals surface area contributed by atoms with Gasteiger partial charge in [-0.25, -0.2) is 0 Å². The van der Waals surface area contributed by atoms with Crippen molar-refractivity contribution in [1.82, 2.24) is 5.43 Å². The van der Waals surface area contributed by atoms with Crippen LogP contribution >= 0.6 is 0 Å². The highest BCUT2D eigenvalue weighted by molar-refractivity contribution is 4.91. The molecule has 1 saturated heterocycles. The summed E-state index contributed by atoms with van der Waals surface area (Å²) in [4.78, 5) is 0. The summed E-state index contributed by atoms with van der Waals surface area (Å²) in [6.45, 7) is 11.2. The molecule has 0 aliphatic carbocycles. The third-order valence-electron chi connectivity index (χ3n) is 4.74. The highest BCUT2D eigenvalue weighted by atomic mass is 16.5. The molecule has 0 radical (unpaired) electrons. The zero-order valence-corrected chi connectivity index (χ0v) is 12.1. The first-order valence-electron chi connectivity index (χ1n) is 7.16. The number of nitrogens with two attached hydrogens (primary N) is 1. The van der Waals surface area contributed by atoms with Crippen LogP contribution in [-0.4, -0.2) is 18.2 Å². The molecule has 0 aromatic rings. The summed E-state index contributed by atoms with van der Waals surface area (Å²) in [5.74, 6) is 7.67. The molecule has 17 heavy (non-hydrogen) atoms. The van der Waals surface area contributed by atoms with Crippen molar-refractivity contribution < 1.29 is 4.74 Å². The molecule has 0 aromatic carbocycles. The highest BCUT2D eigenvalue weighted by Crippen LogP contribution is 2.36. The van der Waals surface area contributed by atoms with Gasteiger partial charge in [-0.2, -0.15) is 0 Å². The number of nitrogens with one attached hydrogen (secondary N) is 1. The van der Waals surface area contributed by atoms with Crippen LogP contribution in [0, 0.1) is 17.8 Å². The molecule has 3 N–H and O–H groups in total. The molecule has 1 aliphatic heterocycles. The van der Waals surface area contributed by atoms with Gasteiger partial charge in [-0.3, -0.25) is 11.3 Å². The summed E-state index contributed by atoms with van der Waals surface area (Å²) < 4.78 is 5.92. The predicted octanol–water partition coefficient (Wildman–Crippen LogP) is 2.70. The van der Waals surface area contributed by atoms with Crippen LogP contribution < -0.4 is 11.3 Å². The van der Waals surface area contributed by atoms with Gasteiger partial charge in [-0.05, 0) is 32.1 Å². The van der Waals surface area contributed by atoms with Crippen molar-refractivity contribution in [1.29, 1.82) is 0 Å². The number of hydrazine groups is 1. The summed E-state index contributed by atoms with van der Waals surface area (Å²) in [5, 5.41) is 0. The highest BCUT2D eigenvalue weighted by Gasteiger charge is 2.41. The van der Waals surface area contributed by atoms with Gasteiger partial charge in [0.15, 0.2) is 0 Å². The average molecular weight is 242 g/mol. The van der Waals surface area contributed by atoms with Gasteiger partial charge in [0.1, 0.15) is 0 Å².